The van der Waals surface area contributed by atoms with Crippen molar-refractivity contribution >= 4 is 5.82 Å². The lowest BCUT2D eigenvalue weighted by Crippen LogP contribution is -2.34. The van der Waals surface area contributed by atoms with Gasteiger partial charge in [0.25, 0.3) is 0 Å². The Bertz CT molecular complexity index is 346. The normalized spacial score (nSPS) is 11.3. The Balaban J connectivity index is 2.59. The summed E-state index contributed by atoms with van der Waals surface area (Å²) in [5.41, 5.74) is 1.31. The third-order valence-electron chi connectivity index (χ3n) is 3.50. The molecule has 1 heterocycles. The Labute approximate surface area is 118 Å². The molecule has 19 heavy (non-hydrogen) atoms. The highest BCUT2D eigenvalue weighted by atomic mass is 15.2. The van der Waals surface area contributed by atoms with Crippen molar-refractivity contribution in [1.29, 1.82) is 0 Å². The third-order valence-corrected chi connectivity index (χ3v) is 3.50. The standard InChI is InChI=1S/C16H29N3/c1-6-10-18(5)11-12-19(7-2)16-9-8-15(13-17-16)14(3)4/h8-9,13-14H,6-7,10-12H2,1-5H3. The summed E-state index contributed by atoms with van der Waals surface area (Å²) in [4.78, 5) is 9.33. The van der Waals surface area contributed by atoms with Crippen LogP contribution >= 0.6 is 0 Å². The molecule has 0 saturated heterocycles. The van der Waals surface area contributed by atoms with Crippen molar-refractivity contribution in [3.63, 3.8) is 0 Å². The van der Waals surface area contributed by atoms with Gasteiger partial charge in [0.05, 0.1) is 0 Å². The van der Waals surface area contributed by atoms with E-state index in [1.54, 1.807) is 0 Å². The zero-order valence-electron chi connectivity index (χ0n) is 13.2. The molecule has 0 N–H and O–H groups in total. The molecule has 0 aromatic carbocycles. The van der Waals surface area contributed by atoms with Crippen molar-refractivity contribution < 1.29 is 0 Å². The molecular formula is C16H29N3. The first-order chi connectivity index (χ1) is 9.08. The highest BCUT2D eigenvalue weighted by Crippen LogP contribution is 2.16. The molecule has 0 atom stereocenters. The van der Waals surface area contributed by atoms with Gasteiger partial charge >= 0.3 is 0 Å². The second kappa shape index (κ2) is 8.16. The predicted octanol–water partition coefficient (Wildman–Crippen LogP) is 3.37. The Hall–Kier alpha value is -1.09. The van der Waals surface area contributed by atoms with Gasteiger partial charge in [-0.25, -0.2) is 4.98 Å². The van der Waals surface area contributed by atoms with Crippen molar-refractivity contribution in [2.75, 3.05) is 38.1 Å². The molecule has 0 radical (unpaired) electrons. The van der Waals surface area contributed by atoms with E-state index in [1.165, 1.54) is 12.0 Å². The van der Waals surface area contributed by atoms with Crippen LogP contribution in [0.5, 0.6) is 0 Å². The smallest absolute Gasteiger partial charge is 0.128 e. The minimum atomic E-state index is 0.548. The Morgan fingerprint density at radius 3 is 2.32 bits per heavy atom. The van der Waals surface area contributed by atoms with Crippen LogP contribution in [0, 0.1) is 0 Å². The van der Waals surface area contributed by atoms with E-state index in [-0.39, 0.29) is 0 Å². The first kappa shape index (κ1) is 16.0. The van der Waals surface area contributed by atoms with E-state index < -0.39 is 0 Å². The zero-order chi connectivity index (χ0) is 14.3. The molecule has 0 aliphatic carbocycles. The number of aromatic nitrogens is 1. The van der Waals surface area contributed by atoms with Crippen LogP contribution in [0.15, 0.2) is 18.3 Å². The van der Waals surface area contributed by atoms with Gasteiger partial charge in [0.1, 0.15) is 5.82 Å². The maximum absolute atomic E-state index is 4.60. The molecule has 0 unspecified atom stereocenters. The molecule has 0 aliphatic heterocycles. The molecule has 3 heteroatoms. The largest absolute Gasteiger partial charge is 0.356 e. The van der Waals surface area contributed by atoms with Crippen molar-refractivity contribution in [3.05, 3.63) is 23.9 Å². The van der Waals surface area contributed by atoms with Crippen molar-refractivity contribution in [3.8, 4) is 0 Å². The van der Waals surface area contributed by atoms with E-state index in [2.05, 4.69) is 61.7 Å². The fourth-order valence-electron chi connectivity index (χ4n) is 2.15. The van der Waals surface area contributed by atoms with Gasteiger partial charge in [-0.2, -0.15) is 0 Å². The summed E-state index contributed by atoms with van der Waals surface area (Å²) in [5.74, 6) is 1.64. The van der Waals surface area contributed by atoms with Crippen molar-refractivity contribution in [1.82, 2.24) is 9.88 Å². The number of hydrogen-bond acceptors (Lipinski definition) is 3. The minimum Gasteiger partial charge on any atom is -0.356 e. The molecule has 0 aliphatic rings. The molecular weight excluding hydrogens is 234 g/mol. The van der Waals surface area contributed by atoms with Crippen molar-refractivity contribution in [2.45, 2.75) is 40.0 Å². The van der Waals surface area contributed by atoms with E-state index in [4.69, 9.17) is 0 Å². The third kappa shape index (κ3) is 5.19. The van der Waals surface area contributed by atoms with Crippen LogP contribution in [-0.2, 0) is 0 Å². The number of hydrogen-bond donors (Lipinski definition) is 0. The Kier molecular flexibility index (Phi) is 6.85. The molecule has 3 nitrogen and oxygen atoms in total. The molecule has 1 rings (SSSR count). The lowest BCUT2D eigenvalue weighted by molar-refractivity contribution is 0.340. The van der Waals surface area contributed by atoms with Gasteiger partial charge in [0.2, 0.25) is 0 Å². The SMILES string of the molecule is CCCN(C)CCN(CC)c1ccc(C(C)C)cn1. The summed E-state index contributed by atoms with van der Waals surface area (Å²) < 4.78 is 0. The predicted molar refractivity (Wildman–Crippen MR) is 84.0 cm³/mol. The van der Waals surface area contributed by atoms with Gasteiger partial charge in [-0.15, -0.1) is 0 Å². The first-order valence-electron chi connectivity index (χ1n) is 7.47. The summed E-state index contributed by atoms with van der Waals surface area (Å²) in [6.45, 7) is 13.1. The minimum absolute atomic E-state index is 0.548. The summed E-state index contributed by atoms with van der Waals surface area (Å²) >= 11 is 0. The topological polar surface area (TPSA) is 19.4 Å². The van der Waals surface area contributed by atoms with E-state index in [0.717, 1.165) is 32.0 Å². The average Bonchev–Trinajstić information content (AvgIpc) is 2.40. The molecule has 108 valence electrons. The molecule has 0 spiro atoms. The molecule has 1 aromatic rings. The van der Waals surface area contributed by atoms with E-state index in [0.29, 0.717) is 5.92 Å². The summed E-state index contributed by atoms with van der Waals surface area (Å²) in [6.07, 6.45) is 3.22. The van der Waals surface area contributed by atoms with E-state index in [1.807, 2.05) is 6.20 Å². The highest BCUT2D eigenvalue weighted by molar-refractivity contribution is 5.39. The molecule has 0 fully saturated rings. The van der Waals surface area contributed by atoms with Crippen molar-refractivity contribution in [2.24, 2.45) is 0 Å². The summed E-state index contributed by atoms with van der Waals surface area (Å²) in [7, 11) is 2.19. The van der Waals surface area contributed by atoms with Gasteiger partial charge in [-0.05, 0) is 44.5 Å². The van der Waals surface area contributed by atoms with Crippen LogP contribution in [0.25, 0.3) is 0 Å². The highest BCUT2D eigenvalue weighted by Gasteiger charge is 2.08. The van der Waals surface area contributed by atoms with Gasteiger partial charge in [-0.3, -0.25) is 0 Å². The van der Waals surface area contributed by atoms with E-state index in [9.17, 15) is 0 Å². The van der Waals surface area contributed by atoms with Gasteiger partial charge in [0.15, 0.2) is 0 Å². The molecule has 0 bridgehead atoms. The number of rotatable bonds is 8. The van der Waals surface area contributed by atoms with Crippen LogP contribution in [-0.4, -0.2) is 43.1 Å². The van der Waals surface area contributed by atoms with Crippen LogP contribution in [0.1, 0.15) is 45.6 Å². The van der Waals surface area contributed by atoms with Gasteiger partial charge in [-0.1, -0.05) is 26.8 Å². The first-order valence-corrected chi connectivity index (χ1v) is 7.47. The van der Waals surface area contributed by atoms with Gasteiger partial charge in [0, 0.05) is 25.8 Å². The Morgan fingerprint density at radius 2 is 1.84 bits per heavy atom. The maximum Gasteiger partial charge on any atom is 0.128 e. The van der Waals surface area contributed by atoms with Crippen LogP contribution in [0.2, 0.25) is 0 Å². The van der Waals surface area contributed by atoms with Gasteiger partial charge < -0.3 is 9.80 Å². The Morgan fingerprint density at radius 1 is 1.11 bits per heavy atom. The van der Waals surface area contributed by atoms with Crippen LogP contribution in [0.3, 0.4) is 0 Å². The molecule has 0 saturated carbocycles. The quantitative estimate of drug-likeness (QED) is 0.717. The van der Waals surface area contributed by atoms with Crippen LogP contribution in [0.4, 0.5) is 5.82 Å². The number of likely N-dealkylation sites (N-methyl/N-ethyl adjacent to an activating group) is 2. The molecule has 0 amide bonds. The lowest BCUT2D eigenvalue weighted by atomic mass is 10.1. The second-order valence-electron chi connectivity index (χ2n) is 5.49. The van der Waals surface area contributed by atoms with E-state index >= 15 is 0 Å². The fraction of sp³-hybridized carbons (Fsp3) is 0.688. The number of nitrogens with zero attached hydrogens (tertiary/aromatic N) is 3. The summed E-state index contributed by atoms with van der Waals surface area (Å²) in [6, 6.07) is 4.35. The number of pyridine rings is 1. The average molecular weight is 263 g/mol. The zero-order valence-corrected chi connectivity index (χ0v) is 13.2. The number of anilines is 1. The monoisotopic (exact) mass is 263 g/mol. The summed E-state index contributed by atoms with van der Waals surface area (Å²) in [5, 5.41) is 0. The maximum atomic E-state index is 4.60. The lowest BCUT2D eigenvalue weighted by Gasteiger charge is -2.25. The van der Waals surface area contributed by atoms with Crippen LogP contribution < -0.4 is 4.90 Å². The second-order valence-corrected chi connectivity index (χ2v) is 5.49. The fourth-order valence-corrected chi connectivity index (χ4v) is 2.15. The molecule has 1 aromatic heterocycles.